The number of carbonyl (C=O) groups excluding carboxylic acids is 1. The van der Waals surface area contributed by atoms with E-state index in [4.69, 9.17) is 9.05 Å². The highest BCUT2D eigenvalue weighted by Gasteiger charge is 2.28. The molecule has 0 rings (SSSR count). The number of hydrogen-bond acceptors (Lipinski definition) is 5. The van der Waals surface area contributed by atoms with Gasteiger partial charge in [-0.05, 0) is 89.9 Å². The first-order chi connectivity index (χ1) is 38.0. The minimum Gasteiger partial charge on any atom is -0.391 e. The molecule has 3 unspecified atom stereocenters. The molecule has 0 saturated heterocycles. The van der Waals surface area contributed by atoms with Gasteiger partial charge in [0.2, 0.25) is 5.91 Å². The molecule has 0 spiro atoms. The number of phosphoric acid groups is 1. The molecule has 0 aromatic heterocycles. The SMILES string of the molecule is CC/C=C\C/C=C\C/C=C\C/C=C\C/C=C\C/C=C\C/C=C\C/C=C\C/C=C\C/C=C\CCCCCCCCCCCCC(=O)NC(COP(=O)(O)OCC[N+](C)(C)C)C(O)CCCCCCCCCCCCCCCCC. The molecule has 0 heterocycles. The van der Waals surface area contributed by atoms with Gasteiger partial charge >= 0.3 is 7.82 Å². The van der Waals surface area contributed by atoms with Gasteiger partial charge in [-0.3, -0.25) is 13.8 Å². The van der Waals surface area contributed by atoms with Crippen LogP contribution in [0.3, 0.4) is 0 Å². The van der Waals surface area contributed by atoms with Crippen molar-refractivity contribution < 1.29 is 32.9 Å². The molecule has 448 valence electrons. The fourth-order valence-corrected chi connectivity index (χ4v) is 9.52. The summed E-state index contributed by atoms with van der Waals surface area (Å²) in [7, 11) is 1.60. The van der Waals surface area contributed by atoms with Gasteiger partial charge in [-0.15, -0.1) is 0 Å². The van der Waals surface area contributed by atoms with Crippen molar-refractivity contribution in [3.8, 4) is 0 Å². The lowest BCUT2D eigenvalue weighted by molar-refractivity contribution is -0.870. The fourth-order valence-electron chi connectivity index (χ4n) is 8.78. The molecule has 1 amide bonds. The highest BCUT2D eigenvalue weighted by molar-refractivity contribution is 7.47. The number of phosphoric ester groups is 1. The van der Waals surface area contributed by atoms with Crippen molar-refractivity contribution in [2.75, 3.05) is 40.9 Å². The summed E-state index contributed by atoms with van der Waals surface area (Å²) in [6.45, 7) is 4.77. The number of aliphatic hydroxyl groups is 1. The van der Waals surface area contributed by atoms with Gasteiger partial charge in [0, 0.05) is 6.42 Å². The predicted octanol–water partition coefficient (Wildman–Crippen LogP) is 20.1. The van der Waals surface area contributed by atoms with Gasteiger partial charge in [0.1, 0.15) is 13.2 Å². The van der Waals surface area contributed by atoms with Crippen molar-refractivity contribution in [3.63, 3.8) is 0 Å². The van der Waals surface area contributed by atoms with E-state index in [-0.39, 0.29) is 19.1 Å². The van der Waals surface area contributed by atoms with Crippen LogP contribution in [0.25, 0.3) is 0 Å². The number of nitrogens with zero attached hydrogens (tertiary/aromatic N) is 1. The number of quaternary nitrogens is 1. The second-order valence-corrected chi connectivity index (χ2v) is 23.9. The molecule has 0 saturated carbocycles. The minimum absolute atomic E-state index is 0.0692. The summed E-state index contributed by atoms with van der Waals surface area (Å²) >= 11 is 0. The monoisotopic (exact) mass is 1110 g/mol. The van der Waals surface area contributed by atoms with E-state index in [1.807, 2.05) is 21.1 Å². The maximum atomic E-state index is 13.0. The number of unbranched alkanes of at least 4 members (excludes halogenated alkanes) is 24. The fraction of sp³-hybridized carbons (Fsp3) is 0.696. The number of rotatable bonds is 57. The molecule has 0 bridgehead atoms. The standard InChI is InChI=1S/C69H121N2O6P/c1-6-8-10-12-14-16-18-20-22-23-24-25-26-27-28-29-30-31-32-33-34-35-36-37-38-39-40-41-42-43-44-45-46-47-49-51-53-55-57-59-61-63-69(73)70-67(66-77-78(74,75)76-65-64-71(3,4)5)68(72)62-60-58-56-54-52-50-48-21-19-17-15-13-11-9-7-2/h8,10,14,16,20,22,24-25,27-28,30-31,33-34,36-37,39-40,42-43,67-68,72H,6-7,9,11-13,15,17-19,21,23,26,29,32,35,38,41,44-66H2,1-5H3,(H-,70,73,74,75)/p+1/b10-8-,16-14-,22-20-,25-24-,28-27-,31-30-,34-33-,37-36-,40-39-,43-42-. The number of likely N-dealkylation sites (N-methyl/N-ethyl adjacent to an activating group) is 1. The Balaban J connectivity index is 4.06. The summed E-state index contributed by atoms with van der Waals surface area (Å²) in [4.78, 5) is 23.4. The van der Waals surface area contributed by atoms with Crippen LogP contribution >= 0.6 is 7.82 Å². The van der Waals surface area contributed by atoms with Gasteiger partial charge in [-0.25, -0.2) is 4.57 Å². The highest BCUT2D eigenvalue weighted by atomic mass is 31.2. The Hall–Kier alpha value is -3.10. The molecule has 0 aliphatic carbocycles. The van der Waals surface area contributed by atoms with Gasteiger partial charge in [-0.1, -0.05) is 283 Å². The van der Waals surface area contributed by atoms with Crippen molar-refractivity contribution in [3.05, 3.63) is 122 Å². The maximum absolute atomic E-state index is 13.0. The molecule has 3 atom stereocenters. The zero-order chi connectivity index (χ0) is 57.0. The number of allylic oxidation sites excluding steroid dienone is 20. The largest absolute Gasteiger partial charge is 0.472 e. The van der Waals surface area contributed by atoms with Crippen molar-refractivity contribution in [1.82, 2.24) is 5.32 Å². The molecule has 8 nitrogen and oxygen atoms in total. The van der Waals surface area contributed by atoms with E-state index in [9.17, 15) is 19.4 Å². The number of hydrogen-bond donors (Lipinski definition) is 3. The second-order valence-electron chi connectivity index (χ2n) is 22.4. The third-order valence-electron chi connectivity index (χ3n) is 13.7. The summed E-state index contributed by atoms with van der Waals surface area (Å²) in [5.74, 6) is -0.152. The van der Waals surface area contributed by atoms with Gasteiger partial charge in [0.25, 0.3) is 0 Å². The Kier molecular flexibility index (Phi) is 56.2. The Labute approximate surface area is 482 Å². The van der Waals surface area contributed by atoms with E-state index < -0.39 is 20.0 Å². The lowest BCUT2D eigenvalue weighted by Gasteiger charge is -2.26. The lowest BCUT2D eigenvalue weighted by Crippen LogP contribution is -2.46. The van der Waals surface area contributed by atoms with Crippen LogP contribution in [-0.2, 0) is 18.4 Å². The summed E-state index contributed by atoms with van der Waals surface area (Å²) in [6, 6.07) is -0.770. The number of carbonyl (C=O) groups is 1. The molecule has 0 aromatic rings. The zero-order valence-electron chi connectivity index (χ0n) is 51.1. The quantitative estimate of drug-likeness (QED) is 0.0243. The predicted molar refractivity (Wildman–Crippen MR) is 341 cm³/mol. The second kappa shape index (κ2) is 58.6. The zero-order valence-corrected chi connectivity index (χ0v) is 52.0. The van der Waals surface area contributed by atoms with Crippen LogP contribution in [0.15, 0.2) is 122 Å². The Morgan fingerprint density at radius 1 is 0.449 bits per heavy atom. The van der Waals surface area contributed by atoms with Crippen LogP contribution in [0, 0.1) is 0 Å². The van der Waals surface area contributed by atoms with Gasteiger partial charge in [-0.2, -0.15) is 0 Å². The van der Waals surface area contributed by atoms with E-state index in [1.54, 1.807) is 0 Å². The van der Waals surface area contributed by atoms with Crippen molar-refractivity contribution in [2.45, 2.75) is 270 Å². The first-order valence-electron chi connectivity index (χ1n) is 31.9. The third kappa shape index (κ3) is 60.5. The molecule has 0 fully saturated rings. The number of nitrogens with one attached hydrogen (secondary N) is 1. The average molecular weight is 1110 g/mol. The van der Waals surface area contributed by atoms with E-state index in [0.29, 0.717) is 23.9 Å². The van der Waals surface area contributed by atoms with Crippen molar-refractivity contribution in [2.24, 2.45) is 0 Å². The van der Waals surface area contributed by atoms with Crippen LogP contribution in [0.4, 0.5) is 0 Å². The number of amides is 1. The summed E-state index contributed by atoms with van der Waals surface area (Å²) in [5, 5.41) is 14.1. The average Bonchev–Trinajstić information content (AvgIpc) is 3.41. The van der Waals surface area contributed by atoms with E-state index in [1.165, 1.54) is 122 Å². The van der Waals surface area contributed by atoms with E-state index in [2.05, 4.69) is 141 Å². The topological polar surface area (TPSA) is 105 Å². The van der Waals surface area contributed by atoms with Gasteiger partial charge < -0.3 is 19.8 Å². The smallest absolute Gasteiger partial charge is 0.391 e. The molecular formula is C69H122N2O6P+. The van der Waals surface area contributed by atoms with Crippen molar-refractivity contribution >= 4 is 13.7 Å². The Morgan fingerprint density at radius 3 is 1.13 bits per heavy atom. The Bertz CT molecular complexity index is 1680. The minimum atomic E-state index is -4.33. The third-order valence-corrected chi connectivity index (χ3v) is 14.7. The van der Waals surface area contributed by atoms with Crippen LogP contribution in [0.5, 0.6) is 0 Å². The van der Waals surface area contributed by atoms with Crippen LogP contribution < -0.4 is 5.32 Å². The van der Waals surface area contributed by atoms with Gasteiger partial charge in [0.05, 0.1) is 39.9 Å². The molecular weight excluding hydrogens is 984 g/mol. The summed E-state index contributed by atoms with van der Waals surface area (Å²) < 4.78 is 23.8. The van der Waals surface area contributed by atoms with Crippen LogP contribution in [0.2, 0.25) is 0 Å². The summed E-state index contributed by atoms with van der Waals surface area (Å²) in [5.41, 5.74) is 0. The first-order valence-corrected chi connectivity index (χ1v) is 33.4. The van der Waals surface area contributed by atoms with E-state index in [0.717, 1.165) is 109 Å². The maximum Gasteiger partial charge on any atom is 0.472 e. The molecule has 0 aliphatic rings. The Morgan fingerprint density at radius 2 is 0.769 bits per heavy atom. The van der Waals surface area contributed by atoms with E-state index >= 15 is 0 Å². The van der Waals surface area contributed by atoms with Gasteiger partial charge in [0.15, 0.2) is 0 Å². The molecule has 3 N–H and O–H groups in total. The summed E-state index contributed by atoms with van der Waals surface area (Å²) in [6.07, 6.45) is 87.0. The first kappa shape index (κ1) is 74.9. The molecule has 0 aliphatic heterocycles. The molecule has 0 aromatic carbocycles. The van der Waals surface area contributed by atoms with Crippen molar-refractivity contribution in [1.29, 1.82) is 0 Å². The van der Waals surface area contributed by atoms with Crippen LogP contribution in [0.1, 0.15) is 258 Å². The normalized spacial score (nSPS) is 14.6. The van der Waals surface area contributed by atoms with Crippen LogP contribution in [-0.4, -0.2) is 73.4 Å². The molecule has 78 heavy (non-hydrogen) atoms. The molecule has 0 radical (unpaired) electrons. The molecule has 9 heteroatoms. The number of aliphatic hydroxyl groups excluding tert-OH is 1. The highest BCUT2D eigenvalue weighted by Crippen LogP contribution is 2.43. The lowest BCUT2D eigenvalue weighted by atomic mass is 10.0.